The van der Waals surface area contributed by atoms with E-state index in [9.17, 15) is 4.39 Å². The van der Waals surface area contributed by atoms with Crippen molar-refractivity contribution in [3.05, 3.63) is 51.5 Å². The van der Waals surface area contributed by atoms with Gasteiger partial charge in [0.1, 0.15) is 5.82 Å². The average Bonchev–Trinajstić information content (AvgIpc) is 3.24. The number of hydrogen-bond acceptors (Lipinski definition) is 4. The van der Waals surface area contributed by atoms with E-state index in [-0.39, 0.29) is 5.82 Å². The molecule has 3 aromatic rings. The fourth-order valence-corrected chi connectivity index (χ4v) is 5.43. The van der Waals surface area contributed by atoms with E-state index in [1.165, 1.54) is 41.3 Å². The van der Waals surface area contributed by atoms with Gasteiger partial charge in [-0.15, -0.1) is 21.5 Å². The monoisotopic (exact) mass is 373 g/mol. The first-order valence-electron chi connectivity index (χ1n) is 8.67. The molecule has 0 saturated heterocycles. The molecule has 1 aliphatic carbocycles. The lowest BCUT2D eigenvalue weighted by molar-refractivity contribution is 0.617. The summed E-state index contributed by atoms with van der Waals surface area (Å²) < 4.78 is 16.0. The highest BCUT2D eigenvalue weighted by molar-refractivity contribution is 7.98. The van der Waals surface area contributed by atoms with E-state index >= 15 is 0 Å². The first-order valence-corrected chi connectivity index (χ1v) is 10.5. The van der Waals surface area contributed by atoms with Crippen LogP contribution in [0.5, 0.6) is 0 Å². The van der Waals surface area contributed by atoms with Crippen molar-refractivity contribution in [1.29, 1.82) is 0 Å². The van der Waals surface area contributed by atoms with Crippen LogP contribution in [0.15, 0.2) is 34.8 Å². The van der Waals surface area contributed by atoms with Gasteiger partial charge in [0.05, 0.1) is 0 Å². The number of thioether (sulfide) groups is 1. The highest BCUT2D eigenvalue weighted by Gasteiger charge is 2.21. The molecule has 0 atom stereocenters. The van der Waals surface area contributed by atoms with Crippen LogP contribution in [0, 0.1) is 5.82 Å². The first kappa shape index (κ1) is 16.8. The molecule has 0 saturated carbocycles. The summed E-state index contributed by atoms with van der Waals surface area (Å²) in [6.07, 6.45) is 4.88. The second-order valence-corrected chi connectivity index (χ2v) is 8.10. The fraction of sp³-hybridized carbons (Fsp3) is 0.368. The van der Waals surface area contributed by atoms with Crippen molar-refractivity contribution < 1.29 is 4.39 Å². The first-order chi connectivity index (χ1) is 12.3. The standard InChI is InChI=1S/C19H20FN3S2/c1-2-23-18(15-12-24-17-10-6-4-8-14(15)17)21-22-19(23)25-11-13-7-3-5-9-16(13)20/h3,5,7,9,12H,2,4,6,8,10-11H2,1H3. The Labute approximate surface area is 155 Å². The van der Waals surface area contributed by atoms with Gasteiger partial charge in [0.2, 0.25) is 0 Å². The van der Waals surface area contributed by atoms with Gasteiger partial charge in [-0.3, -0.25) is 0 Å². The summed E-state index contributed by atoms with van der Waals surface area (Å²) in [5, 5.41) is 12.0. The molecule has 1 aromatic carbocycles. The molecule has 25 heavy (non-hydrogen) atoms. The summed E-state index contributed by atoms with van der Waals surface area (Å²) in [6, 6.07) is 6.91. The van der Waals surface area contributed by atoms with Crippen LogP contribution >= 0.6 is 23.1 Å². The Morgan fingerprint density at radius 1 is 1.20 bits per heavy atom. The number of nitrogens with zero attached hydrogens (tertiary/aromatic N) is 3. The van der Waals surface area contributed by atoms with E-state index in [0.29, 0.717) is 11.3 Å². The van der Waals surface area contributed by atoms with Crippen LogP contribution < -0.4 is 0 Å². The lowest BCUT2D eigenvalue weighted by atomic mass is 9.96. The van der Waals surface area contributed by atoms with Crippen LogP contribution in [0.1, 0.15) is 35.8 Å². The Morgan fingerprint density at radius 2 is 2.04 bits per heavy atom. The molecule has 0 spiro atoms. The topological polar surface area (TPSA) is 30.7 Å². The minimum absolute atomic E-state index is 0.162. The number of halogens is 1. The Balaban J connectivity index is 1.61. The van der Waals surface area contributed by atoms with Gasteiger partial charge in [0.25, 0.3) is 0 Å². The van der Waals surface area contributed by atoms with Gasteiger partial charge < -0.3 is 4.57 Å². The molecule has 0 fully saturated rings. The minimum atomic E-state index is -0.162. The molecule has 2 aromatic heterocycles. The zero-order chi connectivity index (χ0) is 17.2. The Hall–Kier alpha value is -1.66. The van der Waals surface area contributed by atoms with Crippen molar-refractivity contribution in [3.8, 4) is 11.4 Å². The Bertz CT molecular complexity index is 885. The number of benzene rings is 1. The lowest BCUT2D eigenvalue weighted by Crippen LogP contribution is -2.03. The maximum absolute atomic E-state index is 13.8. The lowest BCUT2D eigenvalue weighted by Gasteiger charge is -2.13. The SMILES string of the molecule is CCn1c(SCc2ccccc2F)nnc1-c1csc2c1CCCC2. The molecule has 0 unspecified atom stereocenters. The second kappa shape index (κ2) is 7.30. The van der Waals surface area contributed by atoms with Gasteiger partial charge in [0.15, 0.2) is 11.0 Å². The average molecular weight is 374 g/mol. The van der Waals surface area contributed by atoms with Gasteiger partial charge in [0, 0.05) is 28.1 Å². The summed E-state index contributed by atoms with van der Waals surface area (Å²) in [5.74, 6) is 1.36. The number of thiophene rings is 1. The van der Waals surface area contributed by atoms with Gasteiger partial charge in [-0.1, -0.05) is 30.0 Å². The molecule has 0 amide bonds. The Kier molecular flexibility index (Phi) is 4.90. The number of hydrogen-bond donors (Lipinski definition) is 0. The predicted molar refractivity (Wildman–Crippen MR) is 102 cm³/mol. The summed E-state index contributed by atoms with van der Waals surface area (Å²) in [7, 11) is 0. The summed E-state index contributed by atoms with van der Waals surface area (Å²) >= 11 is 3.40. The normalized spacial score (nSPS) is 13.8. The molecule has 3 nitrogen and oxygen atoms in total. The number of aromatic nitrogens is 3. The van der Waals surface area contributed by atoms with E-state index in [1.54, 1.807) is 17.8 Å². The quantitative estimate of drug-likeness (QED) is 0.566. The highest BCUT2D eigenvalue weighted by atomic mass is 32.2. The zero-order valence-electron chi connectivity index (χ0n) is 14.2. The summed E-state index contributed by atoms with van der Waals surface area (Å²) in [6.45, 7) is 2.92. The molecule has 2 heterocycles. The van der Waals surface area contributed by atoms with Crippen molar-refractivity contribution in [2.75, 3.05) is 0 Å². The third kappa shape index (κ3) is 3.25. The van der Waals surface area contributed by atoms with Crippen molar-refractivity contribution in [1.82, 2.24) is 14.8 Å². The third-order valence-corrected chi connectivity index (χ3v) is 6.75. The maximum atomic E-state index is 13.8. The van der Waals surface area contributed by atoms with E-state index in [2.05, 4.69) is 27.1 Å². The molecule has 0 radical (unpaired) electrons. The van der Waals surface area contributed by atoms with E-state index in [1.807, 2.05) is 23.5 Å². The Morgan fingerprint density at radius 3 is 2.88 bits per heavy atom. The molecular weight excluding hydrogens is 353 g/mol. The van der Waals surface area contributed by atoms with Crippen LogP contribution in [0.25, 0.3) is 11.4 Å². The van der Waals surface area contributed by atoms with Crippen LogP contribution in [0.3, 0.4) is 0 Å². The number of aryl methyl sites for hydroxylation is 1. The number of fused-ring (bicyclic) bond motifs is 1. The third-order valence-electron chi connectivity index (χ3n) is 4.65. The van der Waals surface area contributed by atoms with E-state index in [4.69, 9.17) is 0 Å². The van der Waals surface area contributed by atoms with Crippen molar-refractivity contribution >= 4 is 23.1 Å². The highest BCUT2D eigenvalue weighted by Crippen LogP contribution is 2.37. The molecule has 0 N–H and O–H groups in total. The molecule has 1 aliphatic rings. The van der Waals surface area contributed by atoms with Gasteiger partial charge >= 0.3 is 0 Å². The largest absolute Gasteiger partial charge is 0.302 e. The summed E-state index contributed by atoms with van der Waals surface area (Å²) in [5.41, 5.74) is 3.41. The molecule has 0 aliphatic heterocycles. The van der Waals surface area contributed by atoms with Crippen molar-refractivity contribution in [3.63, 3.8) is 0 Å². The molecule has 0 bridgehead atoms. The van der Waals surface area contributed by atoms with Gasteiger partial charge in [-0.2, -0.15) is 0 Å². The smallest absolute Gasteiger partial charge is 0.191 e. The summed E-state index contributed by atoms with van der Waals surface area (Å²) in [4.78, 5) is 1.51. The van der Waals surface area contributed by atoms with Crippen molar-refractivity contribution in [2.45, 2.75) is 50.1 Å². The van der Waals surface area contributed by atoms with Crippen LogP contribution in [-0.2, 0) is 25.1 Å². The van der Waals surface area contributed by atoms with Gasteiger partial charge in [-0.05, 0) is 49.8 Å². The van der Waals surface area contributed by atoms with Crippen LogP contribution in [0.4, 0.5) is 4.39 Å². The number of rotatable bonds is 5. The van der Waals surface area contributed by atoms with Gasteiger partial charge in [-0.25, -0.2) is 4.39 Å². The fourth-order valence-electron chi connectivity index (χ4n) is 3.32. The van der Waals surface area contributed by atoms with E-state index in [0.717, 1.165) is 23.9 Å². The molecule has 6 heteroatoms. The predicted octanol–water partition coefficient (Wildman–Crippen LogP) is 5.34. The zero-order valence-corrected chi connectivity index (χ0v) is 15.8. The van der Waals surface area contributed by atoms with Crippen LogP contribution in [-0.4, -0.2) is 14.8 Å². The second-order valence-electron chi connectivity index (χ2n) is 6.19. The minimum Gasteiger partial charge on any atom is -0.302 e. The molecule has 4 rings (SSSR count). The van der Waals surface area contributed by atoms with E-state index < -0.39 is 0 Å². The molecular formula is C19H20FN3S2. The molecule has 130 valence electrons. The maximum Gasteiger partial charge on any atom is 0.191 e. The van der Waals surface area contributed by atoms with Crippen LogP contribution in [0.2, 0.25) is 0 Å². The van der Waals surface area contributed by atoms with Crippen molar-refractivity contribution in [2.24, 2.45) is 0 Å².